The molecule has 3 rings (SSSR count). The van der Waals surface area contributed by atoms with Crippen LogP contribution in [0, 0.1) is 0 Å². The van der Waals surface area contributed by atoms with E-state index in [4.69, 9.17) is 4.74 Å². The third-order valence-electron chi connectivity index (χ3n) is 5.02. The van der Waals surface area contributed by atoms with Crippen LogP contribution in [0.5, 0.6) is 0 Å². The molecule has 2 heterocycles. The van der Waals surface area contributed by atoms with Crippen molar-refractivity contribution < 1.29 is 17.9 Å². The molecule has 1 amide bonds. The van der Waals surface area contributed by atoms with Gasteiger partial charge in [0.15, 0.2) is 0 Å². The maximum Gasteiger partial charge on any atom is 0.253 e. The summed E-state index contributed by atoms with van der Waals surface area (Å²) in [5.41, 5.74) is 0.438. The Morgan fingerprint density at radius 2 is 1.81 bits per heavy atom. The molecule has 0 saturated carbocycles. The molecule has 0 spiro atoms. The lowest BCUT2D eigenvalue weighted by atomic mass is 10.1. The number of carbonyl (C=O) groups excluding carboxylic acids is 1. The summed E-state index contributed by atoms with van der Waals surface area (Å²) in [6.45, 7) is 2.56. The Bertz CT molecular complexity index is 706. The molecule has 2 aliphatic heterocycles. The van der Waals surface area contributed by atoms with E-state index in [1.165, 1.54) is 18.6 Å². The van der Waals surface area contributed by atoms with Crippen LogP contribution in [0.25, 0.3) is 0 Å². The quantitative estimate of drug-likeness (QED) is 0.871. The number of nitrogens with one attached hydrogen (secondary N) is 1. The first-order chi connectivity index (χ1) is 12.6. The minimum Gasteiger partial charge on any atom is -0.380 e. The van der Waals surface area contributed by atoms with Crippen molar-refractivity contribution in [2.24, 2.45) is 0 Å². The van der Waals surface area contributed by atoms with Crippen LogP contribution in [0.3, 0.4) is 0 Å². The third kappa shape index (κ3) is 5.05. The van der Waals surface area contributed by atoms with Gasteiger partial charge in [-0.25, -0.2) is 13.1 Å². The highest BCUT2D eigenvalue weighted by Gasteiger charge is 2.24. The Hall–Kier alpha value is -1.44. The van der Waals surface area contributed by atoms with Crippen LogP contribution in [0.15, 0.2) is 29.2 Å². The van der Waals surface area contributed by atoms with Crippen molar-refractivity contribution >= 4 is 15.9 Å². The fourth-order valence-corrected chi connectivity index (χ4v) is 4.85. The number of hydrogen-bond donors (Lipinski definition) is 1. The van der Waals surface area contributed by atoms with Crippen LogP contribution in [-0.2, 0) is 14.8 Å². The molecule has 2 aliphatic rings. The van der Waals surface area contributed by atoms with Crippen molar-refractivity contribution in [3.05, 3.63) is 29.8 Å². The summed E-state index contributed by atoms with van der Waals surface area (Å²) in [5, 5.41) is 0. The molecule has 0 aliphatic carbocycles. The molecule has 2 fully saturated rings. The zero-order valence-corrected chi connectivity index (χ0v) is 16.0. The van der Waals surface area contributed by atoms with E-state index in [1.807, 2.05) is 4.90 Å². The van der Waals surface area contributed by atoms with Crippen molar-refractivity contribution in [1.82, 2.24) is 9.62 Å². The number of ether oxygens (including phenoxy) is 1. The maximum absolute atomic E-state index is 12.8. The molecule has 2 saturated heterocycles. The number of amides is 1. The van der Waals surface area contributed by atoms with Gasteiger partial charge in [-0.2, -0.15) is 0 Å². The number of benzene rings is 1. The summed E-state index contributed by atoms with van der Waals surface area (Å²) in [6.07, 6.45) is 7.15. The van der Waals surface area contributed by atoms with E-state index in [0.29, 0.717) is 18.8 Å². The lowest BCUT2D eigenvalue weighted by Crippen LogP contribution is -2.40. The van der Waals surface area contributed by atoms with E-state index < -0.39 is 10.0 Å². The second-order valence-electron chi connectivity index (χ2n) is 7.12. The molecule has 144 valence electrons. The summed E-state index contributed by atoms with van der Waals surface area (Å²) < 4.78 is 33.4. The number of carbonyl (C=O) groups is 1. The molecule has 0 unspecified atom stereocenters. The Balaban J connectivity index is 1.72. The minimum absolute atomic E-state index is 0.0788. The van der Waals surface area contributed by atoms with Gasteiger partial charge in [0, 0.05) is 31.3 Å². The Morgan fingerprint density at radius 1 is 1.08 bits per heavy atom. The van der Waals surface area contributed by atoms with Gasteiger partial charge in [0.05, 0.1) is 11.5 Å². The number of rotatable bonds is 4. The number of likely N-dealkylation sites (tertiary alicyclic amines) is 1. The fraction of sp³-hybridized carbons (Fsp3) is 0.632. The Labute approximate surface area is 156 Å². The summed E-state index contributed by atoms with van der Waals surface area (Å²) >= 11 is 0. The van der Waals surface area contributed by atoms with Crippen LogP contribution in [0.4, 0.5) is 0 Å². The number of sulfonamides is 1. The molecular formula is C19H28N2O4S. The van der Waals surface area contributed by atoms with E-state index in [1.54, 1.807) is 12.1 Å². The van der Waals surface area contributed by atoms with Gasteiger partial charge in [-0.05, 0) is 43.9 Å². The molecule has 1 aromatic carbocycles. The van der Waals surface area contributed by atoms with Crippen LogP contribution >= 0.6 is 0 Å². The molecule has 0 radical (unpaired) electrons. The van der Waals surface area contributed by atoms with Gasteiger partial charge in [-0.3, -0.25) is 4.79 Å². The monoisotopic (exact) mass is 380 g/mol. The lowest BCUT2D eigenvalue weighted by Gasteiger charge is -2.25. The van der Waals surface area contributed by atoms with E-state index in [9.17, 15) is 13.2 Å². The van der Waals surface area contributed by atoms with Gasteiger partial charge in [-0.1, -0.05) is 25.3 Å². The maximum atomic E-state index is 12.8. The van der Waals surface area contributed by atoms with E-state index in [0.717, 1.165) is 51.6 Å². The van der Waals surface area contributed by atoms with Crippen LogP contribution in [0.1, 0.15) is 55.3 Å². The standard InChI is InChI=1S/C19H28N2O4S/c22-19(21-11-4-2-1-3-5-12-21)16-8-6-10-18(14-16)26(23,24)20-17-9-7-13-25-15-17/h6,8,10,14,17,20H,1-5,7,9,11-13,15H2/t17-/m1/s1. The molecular weight excluding hydrogens is 352 g/mol. The van der Waals surface area contributed by atoms with Crippen molar-refractivity contribution in [2.45, 2.75) is 55.9 Å². The van der Waals surface area contributed by atoms with E-state index >= 15 is 0 Å². The van der Waals surface area contributed by atoms with Crippen molar-refractivity contribution in [1.29, 1.82) is 0 Å². The Kier molecular flexibility index (Phi) is 6.67. The van der Waals surface area contributed by atoms with Gasteiger partial charge in [-0.15, -0.1) is 0 Å². The highest BCUT2D eigenvalue weighted by molar-refractivity contribution is 7.89. The summed E-state index contributed by atoms with van der Waals surface area (Å²) in [6, 6.07) is 6.17. The number of nitrogens with zero attached hydrogens (tertiary/aromatic N) is 1. The first-order valence-corrected chi connectivity index (χ1v) is 11.0. The molecule has 1 atom stereocenters. The van der Waals surface area contributed by atoms with E-state index in [2.05, 4.69) is 4.72 Å². The SMILES string of the molecule is O=C(c1cccc(S(=O)(=O)N[C@@H]2CCCOC2)c1)N1CCCCCCC1. The molecule has 6 nitrogen and oxygen atoms in total. The van der Waals surface area contributed by atoms with Gasteiger partial charge in [0.25, 0.3) is 5.91 Å². The predicted octanol–water partition coefficient (Wildman–Crippen LogP) is 2.55. The normalized spacial score (nSPS) is 22.5. The first kappa shape index (κ1) is 19.3. The molecule has 0 aromatic heterocycles. The molecule has 0 bridgehead atoms. The first-order valence-electron chi connectivity index (χ1n) is 9.56. The van der Waals surface area contributed by atoms with Gasteiger partial charge in [0.1, 0.15) is 0 Å². The van der Waals surface area contributed by atoms with Gasteiger partial charge >= 0.3 is 0 Å². The Morgan fingerprint density at radius 3 is 2.50 bits per heavy atom. The smallest absolute Gasteiger partial charge is 0.253 e. The van der Waals surface area contributed by atoms with Crippen molar-refractivity contribution in [3.8, 4) is 0 Å². The number of hydrogen-bond acceptors (Lipinski definition) is 4. The molecule has 7 heteroatoms. The van der Waals surface area contributed by atoms with Crippen LogP contribution in [0.2, 0.25) is 0 Å². The summed E-state index contributed by atoms with van der Waals surface area (Å²) in [4.78, 5) is 14.8. The molecule has 1 aromatic rings. The summed E-state index contributed by atoms with van der Waals surface area (Å²) in [7, 11) is -3.66. The lowest BCUT2D eigenvalue weighted by molar-refractivity contribution is 0.0742. The van der Waals surface area contributed by atoms with E-state index in [-0.39, 0.29) is 16.8 Å². The van der Waals surface area contributed by atoms with Crippen LogP contribution < -0.4 is 4.72 Å². The van der Waals surface area contributed by atoms with Gasteiger partial charge in [0.2, 0.25) is 10.0 Å². The zero-order valence-electron chi connectivity index (χ0n) is 15.2. The highest BCUT2D eigenvalue weighted by Crippen LogP contribution is 2.18. The van der Waals surface area contributed by atoms with Crippen molar-refractivity contribution in [3.63, 3.8) is 0 Å². The van der Waals surface area contributed by atoms with Crippen LogP contribution in [-0.4, -0.2) is 51.6 Å². The largest absolute Gasteiger partial charge is 0.380 e. The third-order valence-corrected chi connectivity index (χ3v) is 6.53. The molecule has 1 N–H and O–H groups in total. The predicted molar refractivity (Wildman–Crippen MR) is 99.6 cm³/mol. The second-order valence-corrected chi connectivity index (χ2v) is 8.84. The summed E-state index contributed by atoms with van der Waals surface area (Å²) in [5.74, 6) is -0.0788. The topological polar surface area (TPSA) is 75.7 Å². The zero-order chi connectivity index (χ0) is 18.4. The highest BCUT2D eigenvalue weighted by atomic mass is 32.2. The minimum atomic E-state index is -3.66. The second kappa shape index (κ2) is 8.97. The average molecular weight is 381 g/mol. The molecule has 26 heavy (non-hydrogen) atoms. The van der Waals surface area contributed by atoms with Gasteiger partial charge < -0.3 is 9.64 Å². The fourth-order valence-electron chi connectivity index (χ4n) is 3.55. The average Bonchev–Trinajstić information content (AvgIpc) is 2.62. The van der Waals surface area contributed by atoms with Crippen molar-refractivity contribution in [2.75, 3.05) is 26.3 Å².